The Hall–Kier alpha value is -1.19. The molecule has 3 heteroatoms. The van der Waals surface area contributed by atoms with Gasteiger partial charge in [-0.2, -0.15) is 0 Å². The summed E-state index contributed by atoms with van der Waals surface area (Å²) >= 11 is 0. The minimum Gasteiger partial charge on any atom is -0.363 e. The highest BCUT2D eigenvalue weighted by atomic mass is 16.5. The standard InChI is InChI=1S/C16H23NO2/c1-2-19-16(17-11-7-4-8-12-17)13-15(18)14-9-5-3-6-10-14/h3,5-6,9-10,16H,2,4,7-8,11-13H2,1H3. The summed E-state index contributed by atoms with van der Waals surface area (Å²) in [4.78, 5) is 14.6. The lowest BCUT2D eigenvalue weighted by Crippen LogP contribution is -2.42. The largest absolute Gasteiger partial charge is 0.363 e. The van der Waals surface area contributed by atoms with E-state index in [1.54, 1.807) is 0 Å². The van der Waals surface area contributed by atoms with E-state index in [-0.39, 0.29) is 12.0 Å². The highest BCUT2D eigenvalue weighted by Gasteiger charge is 2.23. The number of hydrogen-bond donors (Lipinski definition) is 0. The van der Waals surface area contributed by atoms with Gasteiger partial charge in [0.2, 0.25) is 0 Å². The molecule has 0 N–H and O–H groups in total. The van der Waals surface area contributed by atoms with Crippen molar-refractivity contribution in [2.75, 3.05) is 19.7 Å². The number of ketones is 1. The third-order valence-electron chi connectivity index (χ3n) is 3.61. The lowest BCUT2D eigenvalue weighted by atomic mass is 10.1. The predicted octanol–water partition coefficient (Wildman–Crippen LogP) is 3.11. The Bertz CT molecular complexity index is 385. The normalized spacial score (nSPS) is 18.2. The molecule has 1 aliphatic heterocycles. The van der Waals surface area contributed by atoms with Crippen LogP contribution in [-0.4, -0.2) is 36.6 Å². The Kier molecular flexibility index (Phi) is 5.55. The van der Waals surface area contributed by atoms with Gasteiger partial charge in [0, 0.05) is 25.3 Å². The van der Waals surface area contributed by atoms with Gasteiger partial charge in [0.15, 0.2) is 5.78 Å². The predicted molar refractivity (Wildman–Crippen MR) is 76.2 cm³/mol. The SMILES string of the molecule is CCOC(CC(=O)c1ccccc1)N1CCCCC1. The molecule has 19 heavy (non-hydrogen) atoms. The Balaban J connectivity index is 1.97. The molecule has 0 amide bonds. The zero-order valence-electron chi connectivity index (χ0n) is 11.7. The summed E-state index contributed by atoms with van der Waals surface area (Å²) in [7, 11) is 0. The van der Waals surface area contributed by atoms with Crippen LogP contribution in [0.25, 0.3) is 0 Å². The molecule has 1 atom stereocenters. The lowest BCUT2D eigenvalue weighted by Gasteiger charge is -2.33. The second-order valence-electron chi connectivity index (χ2n) is 5.00. The average Bonchev–Trinajstić information content (AvgIpc) is 2.48. The summed E-state index contributed by atoms with van der Waals surface area (Å²) in [5.41, 5.74) is 0.782. The van der Waals surface area contributed by atoms with Crippen molar-refractivity contribution in [3.05, 3.63) is 35.9 Å². The summed E-state index contributed by atoms with van der Waals surface area (Å²) in [5, 5.41) is 0. The van der Waals surface area contributed by atoms with Crippen LogP contribution < -0.4 is 0 Å². The van der Waals surface area contributed by atoms with E-state index < -0.39 is 0 Å². The molecule has 0 bridgehead atoms. The fourth-order valence-electron chi connectivity index (χ4n) is 2.59. The summed E-state index contributed by atoms with van der Waals surface area (Å²) in [6.45, 7) is 4.74. The van der Waals surface area contributed by atoms with Crippen LogP contribution in [0.3, 0.4) is 0 Å². The van der Waals surface area contributed by atoms with Crippen LogP contribution in [0.5, 0.6) is 0 Å². The molecule has 1 unspecified atom stereocenters. The third kappa shape index (κ3) is 4.15. The van der Waals surface area contributed by atoms with Crippen LogP contribution in [0.2, 0.25) is 0 Å². The summed E-state index contributed by atoms with van der Waals surface area (Å²) in [6, 6.07) is 9.50. The quantitative estimate of drug-likeness (QED) is 0.737. The van der Waals surface area contributed by atoms with Gasteiger partial charge in [0.05, 0.1) is 6.42 Å². The van der Waals surface area contributed by atoms with Gasteiger partial charge in [0.1, 0.15) is 6.23 Å². The highest BCUT2D eigenvalue weighted by molar-refractivity contribution is 5.96. The van der Waals surface area contributed by atoms with E-state index >= 15 is 0 Å². The van der Waals surface area contributed by atoms with Crippen LogP contribution in [-0.2, 0) is 4.74 Å². The van der Waals surface area contributed by atoms with E-state index in [1.807, 2.05) is 37.3 Å². The van der Waals surface area contributed by atoms with Crippen molar-refractivity contribution in [3.63, 3.8) is 0 Å². The van der Waals surface area contributed by atoms with Crippen molar-refractivity contribution in [2.45, 2.75) is 38.8 Å². The van der Waals surface area contributed by atoms with Gasteiger partial charge >= 0.3 is 0 Å². The zero-order valence-corrected chi connectivity index (χ0v) is 11.7. The van der Waals surface area contributed by atoms with Crippen LogP contribution in [0.4, 0.5) is 0 Å². The van der Waals surface area contributed by atoms with E-state index in [4.69, 9.17) is 4.74 Å². The van der Waals surface area contributed by atoms with Crippen molar-refractivity contribution in [1.29, 1.82) is 0 Å². The average molecular weight is 261 g/mol. The van der Waals surface area contributed by atoms with Gasteiger partial charge in [-0.1, -0.05) is 36.8 Å². The second kappa shape index (κ2) is 7.41. The van der Waals surface area contributed by atoms with Crippen molar-refractivity contribution < 1.29 is 9.53 Å². The number of carbonyl (C=O) groups excluding carboxylic acids is 1. The van der Waals surface area contributed by atoms with Crippen LogP contribution in [0.15, 0.2) is 30.3 Å². The highest BCUT2D eigenvalue weighted by Crippen LogP contribution is 2.17. The van der Waals surface area contributed by atoms with Crippen molar-refractivity contribution in [2.24, 2.45) is 0 Å². The first-order valence-corrected chi connectivity index (χ1v) is 7.25. The summed E-state index contributed by atoms with van der Waals surface area (Å²) in [5.74, 6) is 0.171. The van der Waals surface area contributed by atoms with E-state index in [0.717, 1.165) is 18.7 Å². The molecule has 0 radical (unpaired) electrons. The topological polar surface area (TPSA) is 29.5 Å². The number of rotatable bonds is 6. The third-order valence-corrected chi connectivity index (χ3v) is 3.61. The number of likely N-dealkylation sites (tertiary alicyclic amines) is 1. The summed E-state index contributed by atoms with van der Waals surface area (Å²) in [6.07, 6.45) is 4.12. The molecule has 104 valence electrons. The van der Waals surface area contributed by atoms with E-state index in [1.165, 1.54) is 19.3 Å². The maximum Gasteiger partial charge on any atom is 0.166 e. The minimum atomic E-state index is -0.0574. The number of Topliss-reactive ketones (excluding diaryl/α,β-unsaturated/α-hetero) is 1. The van der Waals surface area contributed by atoms with Gasteiger partial charge in [-0.15, -0.1) is 0 Å². The van der Waals surface area contributed by atoms with Crippen LogP contribution >= 0.6 is 0 Å². The Morgan fingerprint density at radius 3 is 2.53 bits per heavy atom. The zero-order chi connectivity index (χ0) is 13.5. The number of ether oxygens (including phenoxy) is 1. The monoisotopic (exact) mass is 261 g/mol. The molecule has 0 aromatic heterocycles. The second-order valence-corrected chi connectivity index (χ2v) is 5.00. The van der Waals surface area contributed by atoms with Gasteiger partial charge in [0.25, 0.3) is 0 Å². The molecule has 1 aliphatic rings. The fourth-order valence-corrected chi connectivity index (χ4v) is 2.59. The minimum absolute atomic E-state index is 0.0574. The van der Waals surface area contributed by atoms with E-state index in [9.17, 15) is 4.79 Å². The van der Waals surface area contributed by atoms with Gasteiger partial charge in [-0.3, -0.25) is 9.69 Å². The molecule has 1 heterocycles. The number of carbonyl (C=O) groups is 1. The number of piperidine rings is 1. The molecule has 2 rings (SSSR count). The van der Waals surface area contributed by atoms with Crippen molar-refractivity contribution in [1.82, 2.24) is 4.90 Å². The molecular formula is C16H23NO2. The maximum absolute atomic E-state index is 12.3. The van der Waals surface area contributed by atoms with Gasteiger partial charge < -0.3 is 4.74 Å². The first-order chi connectivity index (χ1) is 9.31. The van der Waals surface area contributed by atoms with Gasteiger partial charge in [-0.25, -0.2) is 0 Å². The molecular weight excluding hydrogens is 238 g/mol. The fraction of sp³-hybridized carbons (Fsp3) is 0.562. The molecule has 0 aliphatic carbocycles. The Morgan fingerprint density at radius 1 is 1.21 bits per heavy atom. The smallest absolute Gasteiger partial charge is 0.166 e. The molecule has 1 saturated heterocycles. The molecule has 1 aromatic rings. The number of benzene rings is 1. The molecule has 0 saturated carbocycles. The number of nitrogens with zero attached hydrogens (tertiary/aromatic N) is 1. The molecule has 1 fully saturated rings. The lowest BCUT2D eigenvalue weighted by molar-refractivity contribution is -0.0613. The van der Waals surface area contributed by atoms with Crippen LogP contribution in [0, 0.1) is 0 Å². The van der Waals surface area contributed by atoms with E-state index in [2.05, 4.69) is 4.90 Å². The first-order valence-electron chi connectivity index (χ1n) is 7.25. The van der Waals surface area contributed by atoms with Crippen molar-refractivity contribution >= 4 is 5.78 Å². The number of hydrogen-bond acceptors (Lipinski definition) is 3. The van der Waals surface area contributed by atoms with Crippen LogP contribution in [0.1, 0.15) is 43.0 Å². The van der Waals surface area contributed by atoms with E-state index in [0.29, 0.717) is 13.0 Å². The Labute approximate surface area is 115 Å². The molecule has 1 aromatic carbocycles. The Morgan fingerprint density at radius 2 is 1.89 bits per heavy atom. The van der Waals surface area contributed by atoms with Gasteiger partial charge in [-0.05, 0) is 19.8 Å². The first kappa shape index (κ1) is 14.2. The maximum atomic E-state index is 12.3. The molecule has 3 nitrogen and oxygen atoms in total. The van der Waals surface area contributed by atoms with Crippen molar-refractivity contribution in [3.8, 4) is 0 Å². The summed E-state index contributed by atoms with van der Waals surface area (Å²) < 4.78 is 5.78. The molecule has 0 spiro atoms.